The van der Waals surface area contributed by atoms with Crippen molar-refractivity contribution in [3.05, 3.63) is 53.9 Å². The molecule has 0 spiro atoms. The maximum atomic E-state index is 12.1. The molecule has 1 atom stereocenters. The molecule has 1 aromatic carbocycles. The number of benzene rings is 1. The van der Waals surface area contributed by atoms with Gasteiger partial charge in [-0.3, -0.25) is 4.79 Å². The van der Waals surface area contributed by atoms with E-state index in [2.05, 4.69) is 21.7 Å². The zero-order valence-electron chi connectivity index (χ0n) is 13.3. The van der Waals surface area contributed by atoms with Gasteiger partial charge in [-0.1, -0.05) is 6.07 Å². The summed E-state index contributed by atoms with van der Waals surface area (Å²) in [6.07, 6.45) is 1.95. The minimum Gasteiger partial charge on any atom is -0.354 e. The highest BCUT2D eigenvalue weighted by Crippen LogP contribution is 2.17. The molecular weight excluding hydrogens is 340 g/mol. The largest absolute Gasteiger partial charge is 0.354 e. The second kappa shape index (κ2) is 6.91. The van der Waals surface area contributed by atoms with Gasteiger partial charge in [0.25, 0.3) is 5.91 Å². The third-order valence-corrected chi connectivity index (χ3v) is 5.61. The molecule has 0 saturated carbocycles. The summed E-state index contributed by atoms with van der Waals surface area (Å²) in [4.78, 5) is 16.2. The summed E-state index contributed by atoms with van der Waals surface area (Å²) in [6, 6.07) is 12.0. The van der Waals surface area contributed by atoms with Crippen LogP contribution in [0.15, 0.2) is 42.6 Å². The third kappa shape index (κ3) is 4.33. The molecule has 2 aromatic rings. The van der Waals surface area contributed by atoms with E-state index in [9.17, 15) is 13.2 Å². The molecule has 7 nitrogen and oxygen atoms in total. The van der Waals surface area contributed by atoms with Crippen molar-refractivity contribution in [2.24, 2.45) is 0 Å². The van der Waals surface area contributed by atoms with Crippen LogP contribution in [0.1, 0.15) is 22.5 Å². The molecule has 1 saturated heterocycles. The number of amides is 1. The van der Waals surface area contributed by atoms with Crippen LogP contribution in [0.4, 0.5) is 11.4 Å². The number of rotatable bonds is 4. The number of nitrogens with one attached hydrogen (secondary N) is 2. The van der Waals surface area contributed by atoms with Crippen molar-refractivity contribution >= 4 is 27.1 Å². The predicted octanol–water partition coefficient (Wildman–Crippen LogP) is 1.61. The van der Waals surface area contributed by atoms with Gasteiger partial charge in [0, 0.05) is 11.7 Å². The quantitative estimate of drug-likeness (QED) is 0.861. The predicted molar refractivity (Wildman–Crippen MR) is 93.2 cm³/mol. The Morgan fingerprint density at radius 2 is 2.08 bits per heavy atom. The molecule has 1 amide bonds. The van der Waals surface area contributed by atoms with Crippen LogP contribution in [0.25, 0.3) is 0 Å². The molecule has 0 radical (unpaired) electrons. The van der Waals surface area contributed by atoms with Crippen LogP contribution in [0.5, 0.6) is 0 Å². The van der Waals surface area contributed by atoms with Gasteiger partial charge in [-0.15, -0.1) is 0 Å². The number of aromatic nitrogens is 1. The van der Waals surface area contributed by atoms with Crippen LogP contribution >= 0.6 is 0 Å². The standard InChI is InChI=1S/C17H16N4O3S/c18-9-12-2-1-3-13(8-12)20-14-4-5-16(19-10-14)17(22)21-15-6-7-25(23,24)11-15/h1-5,8,10,15,20H,6-7,11H2,(H,21,22). The van der Waals surface area contributed by atoms with Gasteiger partial charge in [-0.2, -0.15) is 5.26 Å². The average molecular weight is 356 g/mol. The van der Waals surface area contributed by atoms with E-state index in [0.29, 0.717) is 17.7 Å². The Bertz CT molecular complexity index is 933. The minimum absolute atomic E-state index is 0.0202. The van der Waals surface area contributed by atoms with Gasteiger partial charge in [0.15, 0.2) is 9.84 Å². The third-order valence-electron chi connectivity index (χ3n) is 3.84. The highest BCUT2D eigenvalue weighted by atomic mass is 32.2. The van der Waals surface area contributed by atoms with Crippen LogP contribution in [0, 0.1) is 11.3 Å². The number of carbonyl (C=O) groups is 1. The molecule has 1 aliphatic heterocycles. The van der Waals surface area contributed by atoms with Gasteiger partial charge in [0.2, 0.25) is 0 Å². The molecular formula is C17H16N4O3S. The Kier molecular flexibility index (Phi) is 4.67. The van der Waals surface area contributed by atoms with Crippen molar-refractivity contribution in [1.82, 2.24) is 10.3 Å². The number of carbonyl (C=O) groups excluding carboxylic acids is 1. The smallest absolute Gasteiger partial charge is 0.270 e. The summed E-state index contributed by atoms with van der Waals surface area (Å²) in [5.74, 6) is -0.302. The average Bonchev–Trinajstić information content (AvgIpc) is 2.94. The van der Waals surface area contributed by atoms with E-state index >= 15 is 0 Å². The number of hydrogen-bond acceptors (Lipinski definition) is 6. The molecule has 1 fully saturated rings. The van der Waals surface area contributed by atoms with Crippen LogP contribution < -0.4 is 10.6 Å². The first-order valence-corrected chi connectivity index (χ1v) is 9.52. The normalized spacial score (nSPS) is 18.3. The van der Waals surface area contributed by atoms with Crippen molar-refractivity contribution in [3.63, 3.8) is 0 Å². The summed E-state index contributed by atoms with van der Waals surface area (Å²) in [7, 11) is -3.04. The van der Waals surface area contributed by atoms with Gasteiger partial charge in [0.05, 0.1) is 35.0 Å². The summed E-state index contributed by atoms with van der Waals surface area (Å²) >= 11 is 0. The number of nitriles is 1. The van der Waals surface area contributed by atoms with E-state index in [0.717, 1.165) is 5.69 Å². The van der Waals surface area contributed by atoms with E-state index in [1.165, 1.54) is 6.20 Å². The molecule has 8 heteroatoms. The summed E-state index contributed by atoms with van der Waals surface area (Å²) in [5, 5.41) is 14.7. The van der Waals surface area contributed by atoms with Crippen LogP contribution in [-0.4, -0.2) is 36.9 Å². The molecule has 0 bridgehead atoms. The second-order valence-electron chi connectivity index (χ2n) is 5.82. The topological polar surface area (TPSA) is 112 Å². The van der Waals surface area contributed by atoms with Crippen LogP contribution in [0.2, 0.25) is 0 Å². The van der Waals surface area contributed by atoms with E-state index in [4.69, 9.17) is 5.26 Å². The van der Waals surface area contributed by atoms with Gasteiger partial charge in [-0.05, 0) is 36.8 Å². The molecule has 2 N–H and O–H groups in total. The van der Waals surface area contributed by atoms with Gasteiger partial charge >= 0.3 is 0 Å². The second-order valence-corrected chi connectivity index (χ2v) is 8.05. The van der Waals surface area contributed by atoms with Crippen molar-refractivity contribution in [2.45, 2.75) is 12.5 Å². The fourth-order valence-corrected chi connectivity index (χ4v) is 4.28. The Morgan fingerprint density at radius 3 is 2.72 bits per heavy atom. The lowest BCUT2D eigenvalue weighted by atomic mass is 10.2. The molecule has 1 unspecified atom stereocenters. The van der Waals surface area contributed by atoms with Gasteiger partial charge < -0.3 is 10.6 Å². The number of hydrogen-bond donors (Lipinski definition) is 2. The van der Waals surface area contributed by atoms with Crippen molar-refractivity contribution in [3.8, 4) is 6.07 Å². The van der Waals surface area contributed by atoms with Crippen LogP contribution in [0.3, 0.4) is 0 Å². The zero-order valence-corrected chi connectivity index (χ0v) is 14.1. The van der Waals surface area contributed by atoms with Gasteiger partial charge in [0.1, 0.15) is 5.69 Å². The lowest BCUT2D eigenvalue weighted by Gasteiger charge is -2.11. The maximum absolute atomic E-state index is 12.1. The molecule has 3 rings (SSSR count). The molecule has 25 heavy (non-hydrogen) atoms. The first-order chi connectivity index (χ1) is 11.9. The maximum Gasteiger partial charge on any atom is 0.270 e. The summed E-state index contributed by atoms with van der Waals surface area (Å²) in [6.45, 7) is 0. The summed E-state index contributed by atoms with van der Waals surface area (Å²) < 4.78 is 22.9. The fourth-order valence-electron chi connectivity index (χ4n) is 2.60. The van der Waals surface area contributed by atoms with Gasteiger partial charge in [-0.25, -0.2) is 13.4 Å². The first kappa shape index (κ1) is 16.9. The van der Waals surface area contributed by atoms with Crippen molar-refractivity contribution in [1.29, 1.82) is 5.26 Å². The number of sulfone groups is 1. The van der Waals surface area contributed by atoms with Crippen molar-refractivity contribution in [2.75, 3.05) is 16.8 Å². The Morgan fingerprint density at radius 1 is 1.24 bits per heavy atom. The lowest BCUT2D eigenvalue weighted by Crippen LogP contribution is -2.36. The summed E-state index contributed by atoms with van der Waals surface area (Å²) in [5.41, 5.74) is 2.19. The fraction of sp³-hybridized carbons (Fsp3) is 0.235. The van der Waals surface area contributed by atoms with E-state index in [-0.39, 0.29) is 29.1 Å². The molecule has 2 heterocycles. The molecule has 1 aromatic heterocycles. The monoisotopic (exact) mass is 356 g/mol. The Balaban J connectivity index is 1.63. The van der Waals surface area contributed by atoms with Crippen molar-refractivity contribution < 1.29 is 13.2 Å². The SMILES string of the molecule is N#Cc1cccc(Nc2ccc(C(=O)NC3CCS(=O)(=O)C3)nc2)c1. The lowest BCUT2D eigenvalue weighted by molar-refractivity contribution is 0.0936. The Hall–Kier alpha value is -2.92. The van der Waals surface area contributed by atoms with E-state index in [1.807, 2.05) is 6.07 Å². The molecule has 1 aliphatic rings. The minimum atomic E-state index is -3.04. The van der Waals surface area contributed by atoms with E-state index in [1.54, 1.807) is 30.3 Å². The Labute approximate surface area is 145 Å². The zero-order chi connectivity index (χ0) is 17.9. The first-order valence-electron chi connectivity index (χ1n) is 7.70. The van der Waals surface area contributed by atoms with Crippen LogP contribution in [-0.2, 0) is 9.84 Å². The molecule has 0 aliphatic carbocycles. The van der Waals surface area contributed by atoms with E-state index < -0.39 is 9.84 Å². The highest BCUT2D eigenvalue weighted by molar-refractivity contribution is 7.91. The molecule has 128 valence electrons. The number of pyridine rings is 1. The number of nitrogens with zero attached hydrogens (tertiary/aromatic N) is 2. The number of anilines is 2. The highest BCUT2D eigenvalue weighted by Gasteiger charge is 2.29.